The van der Waals surface area contributed by atoms with Crippen LogP contribution in [0.4, 0.5) is 5.69 Å². The minimum Gasteiger partial charge on any atom is -0.454 e. The number of nitrogens with zero attached hydrogens (tertiary/aromatic N) is 3. The molecule has 1 aromatic carbocycles. The highest BCUT2D eigenvalue weighted by atomic mass is 16.7. The molecule has 0 spiro atoms. The Morgan fingerprint density at radius 1 is 1.43 bits per heavy atom. The van der Waals surface area contributed by atoms with E-state index in [2.05, 4.69) is 10.4 Å². The van der Waals surface area contributed by atoms with Crippen molar-refractivity contribution in [3.05, 3.63) is 46.3 Å². The zero-order valence-electron chi connectivity index (χ0n) is 12.8. The second-order valence-corrected chi connectivity index (χ2v) is 5.32. The second kappa shape index (κ2) is 6.66. The minimum atomic E-state index is -0.390. The summed E-state index contributed by atoms with van der Waals surface area (Å²) in [6, 6.07) is 4.83. The van der Waals surface area contributed by atoms with Crippen LogP contribution in [0.15, 0.2) is 30.6 Å². The van der Waals surface area contributed by atoms with Crippen molar-refractivity contribution in [2.24, 2.45) is 0 Å². The maximum Gasteiger partial charge on any atom is 0.278 e. The summed E-state index contributed by atoms with van der Waals surface area (Å²) < 4.78 is 12.4. The van der Waals surface area contributed by atoms with E-state index in [1.165, 1.54) is 6.07 Å². The molecule has 0 saturated heterocycles. The van der Waals surface area contributed by atoms with Gasteiger partial charge in [-0.15, -0.1) is 0 Å². The number of benzene rings is 1. The third-order valence-corrected chi connectivity index (χ3v) is 3.76. The summed E-state index contributed by atoms with van der Waals surface area (Å²) in [6.45, 7) is 3.53. The first-order chi connectivity index (χ1) is 11.1. The molecule has 1 aromatic heterocycles. The molecule has 0 radical (unpaired) electrons. The summed E-state index contributed by atoms with van der Waals surface area (Å²) in [6.07, 6.45) is 4.53. The molecule has 3 rings (SSSR count). The minimum absolute atomic E-state index is 0.0429. The van der Waals surface area contributed by atoms with Gasteiger partial charge in [-0.05, 0) is 32.0 Å². The third-order valence-electron chi connectivity index (χ3n) is 3.76. The molecule has 1 N–H and O–H groups in total. The molecule has 23 heavy (non-hydrogen) atoms. The lowest BCUT2D eigenvalue weighted by Crippen LogP contribution is -2.22. The normalized spacial score (nSPS) is 14.0. The highest BCUT2D eigenvalue weighted by molar-refractivity contribution is 5.56. The molecule has 1 aliphatic rings. The monoisotopic (exact) mass is 318 g/mol. The molecular formula is C15H18N4O4. The highest BCUT2D eigenvalue weighted by Gasteiger charge is 2.25. The smallest absolute Gasteiger partial charge is 0.278 e. The zero-order valence-corrected chi connectivity index (χ0v) is 12.8. The molecule has 2 aromatic rings. The van der Waals surface area contributed by atoms with Gasteiger partial charge in [0.25, 0.3) is 5.69 Å². The Balaban J connectivity index is 1.64. The average Bonchev–Trinajstić information content (AvgIpc) is 3.20. The van der Waals surface area contributed by atoms with E-state index in [0.717, 1.165) is 19.5 Å². The van der Waals surface area contributed by atoms with Crippen molar-refractivity contribution < 1.29 is 14.4 Å². The van der Waals surface area contributed by atoms with Gasteiger partial charge in [0, 0.05) is 25.0 Å². The van der Waals surface area contributed by atoms with Gasteiger partial charge >= 0.3 is 0 Å². The fraction of sp³-hybridized carbons (Fsp3) is 0.400. The SMILES string of the molecule is C[C@H](NCCCn1cccn1)c1cc2c(cc1[N+](=O)[O-])OCO2. The summed E-state index contributed by atoms with van der Waals surface area (Å²) >= 11 is 0. The number of hydrogen-bond acceptors (Lipinski definition) is 6. The maximum absolute atomic E-state index is 11.3. The van der Waals surface area contributed by atoms with Crippen LogP contribution < -0.4 is 14.8 Å². The fourth-order valence-electron chi connectivity index (χ4n) is 2.55. The molecule has 0 saturated carbocycles. The van der Waals surface area contributed by atoms with Crippen molar-refractivity contribution in [2.45, 2.75) is 25.9 Å². The van der Waals surface area contributed by atoms with Gasteiger partial charge in [0.15, 0.2) is 11.5 Å². The largest absolute Gasteiger partial charge is 0.454 e. The van der Waals surface area contributed by atoms with Gasteiger partial charge in [0.2, 0.25) is 6.79 Å². The summed E-state index contributed by atoms with van der Waals surface area (Å²) in [5.74, 6) is 0.974. The molecule has 2 heterocycles. The molecule has 0 unspecified atom stereocenters. The number of aryl methyl sites for hydroxylation is 1. The zero-order chi connectivity index (χ0) is 16.2. The van der Waals surface area contributed by atoms with E-state index in [1.807, 2.05) is 23.9 Å². The number of hydrogen-bond donors (Lipinski definition) is 1. The van der Waals surface area contributed by atoms with Crippen molar-refractivity contribution >= 4 is 5.69 Å². The molecule has 1 atom stereocenters. The average molecular weight is 318 g/mol. The Kier molecular flexibility index (Phi) is 4.42. The lowest BCUT2D eigenvalue weighted by Gasteiger charge is -2.15. The van der Waals surface area contributed by atoms with Crippen molar-refractivity contribution in [1.29, 1.82) is 0 Å². The van der Waals surface area contributed by atoms with Crippen LogP contribution in [0.1, 0.15) is 24.9 Å². The van der Waals surface area contributed by atoms with Gasteiger partial charge in [-0.3, -0.25) is 14.8 Å². The number of nitro groups is 1. The molecule has 122 valence electrons. The molecule has 8 nitrogen and oxygen atoms in total. The topological polar surface area (TPSA) is 91.5 Å². The number of rotatable bonds is 7. The predicted molar refractivity (Wildman–Crippen MR) is 82.5 cm³/mol. The van der Waals surface area contributed by atoms with E-state index in [0.29, 0.717) is 17.1 Å². The predicted octanol–water partition coefficient (Wildman–Crippen LogP) is 2.26. The molecule has 0 fully saturated rings. The Morgan fingerprint density at radius 2 is 2.22 bits per heavy atom. The Morgan fingerprint density at radius 3 is 2.91 bits per heavy atom. The van der Waals surface area contributed by atoms with Gasteiger partial charge in [-0.25, -0.2) is 0 Å². The van der Waals surface area contributed by atoms with E-state index >= 15 is 0 Å². The maximum atomic E-state index is 11.3. The number of fused-ring (bicyclic) bond motifs is 1. The van der Waals surface area contributed by atoms with E-state index in [9.17, 15) is 10.1 Å². The standard InChI is InChI=1S/C15H18N4O4/c1-11(16-4-2-6-18-7-3-5-17-18)12-8-14-15(23-10-22-14)9-13(12)19(20)21/h3,5,7-9,11,16H,2,4,6,10H2,1H3/t11-/m0/s1. The summed E-state index contributed by atoms with van der Waals surface area (Å²) in [5.41, 5.74) is 0.639. The summed E-state index contributed by atoms with van der Waals surface area (Å²) in [4.78, 5) is 10.9. The van der Waals surface area contributed by atoms with Crippen molar-refractivity contribution in [3.8, 4) is 11.5 Å². The van der Waals surface area contributed by atoms with Crippen molar-refractivity contribution in [3.63, 3.8) is 0 Å². The molecule has 0 aliphatic carbocycles. The van der Waals surface area contributed by atoms with E-state index in [-0.39, 0.29) is 23.4 Å². The fourth-order valence-corrected chi connectivity index (χ4v) is 2.55. The lowest BCUT2D eigenvalue weighted by molar-refractivity contribution is -0.385. The molecule has 1 aliphatic heterocycles. The quantitative estimate of drug-likeness (QED) is 0.478. The van der Waals surface area contributed by atoms with Crippen LogP contribution >= 0.6 is 0 Å². The van der Waals surface area contributed by atoms with Crippen LogP contribution in [0.5, 0.6) is 11.5 Å². The molecule has 0 bridgehead atoms. The van der Waals surface area contributed by atoms with Gasteiger partial charge in [0.1, 0.15) is 0 Å². The van der Waals surface area contributed by atoms with Crippen LogP contribution in [-0.2, 0) is 6.54 Å². The van der Waals surface area contributed by atoms with Crippen LogP contribution in [0.2, 0.25) is 0 Å². The molecule has 8 heteroatoms. The number of aromatic nitrogens is 2. The van der Waals surface area contributed by atoms with Gasteiger partial charge in [-0.2, -0.15) is 5.10 Å². The first kappa shape index (κ1) is 15.3. The lowest BCUT2D eigenvalue weighted by atomic mass is 10.0. The van der Waals surface area contributed by atoms with Crippen molar-refractivity contribution in [1.82, 2.24) is 15.1 Å². The van der Waals surface area contributed by atoms with Gasteiger partial charge in [-0.1, -0.05) is 0 Å². The van der Waals surface area contributed by atoms with E-state index in [4.69, 9.17) is 9.47 Å². The van der Waals surface area contributed by atoms with Gasteiger partial charge in [0.05, 0.1) is 16.6 Å². The number of nitrogens with one attached hydrogen (secondary N) is 1. The number of nitro benzene ring substituents is 1. The first-order valence-corrected chi connectivity index (χ1v) is 7.44. The van der Waals surface area contributed by atoms with Gasteiger partial charge < -0.3 is 14.8 Å². The van der Waals surface area contributed by atoms with Crippen LogP contribution in [0, 0.1) is 10.1 Å². The van der Waals surface area contributed by atoms with Crippen LogP contribution in [-0.4, -0.2) is 28.0 Å². The van der Waals surface area contributed by atoms with E-state index in [1.54, 1.807) is 12.3 Å². The van der Waals surface area contributed by atoms with Crippen LogP contribution in [0.3, 0.4) is 0 Å². The second-order valence-electron chi connectivity index (χ2n) is 5.32. The molecule has 0 amide bonds. The van der Waals surface area contributed by atoms with Crippen LogP contribution in [0.25, 0.3) is 0 Å². The van der Waals surface area contributed by atoms with E-state index < -0.39 is 0 Å². The Labute approximate surface area is 133 Å². The Hall–Kier alpha value is -2.61. The Bertz CT molecular complexity index is 687. The third kappa shape index (κ3) is 3.42. The highest BCUT2D eigenvalue weighted by Crippen LogP contribution is 2.40. The summed E-state index contributed by atoms with van der Waals surface area (Å²) in [5, 5.41) is 18.7. The molecular weight excluding hydrogens is 300 g/mol. The van der Waals surface area contributed by atoms with Crippen molar-refractivity contribution in [2.75, 3.05) is 13.3 Å². The first-order valence-electron chi connectivity index (χ1n) is 7.44. The summed E-state index contributed by atoms with van der Waals surface area (Å²) in [7, 11) is 0. The number of ether oxygens (including phenoxy) is 2.